The third kappa shape index (κ3) is 22.7. The van der Waals surface area contributed by atoms with E-state index >= 15 is 0 Å². The van der Waals surface area contributed by atoms with Crippen molar-refractivity contribution in [3.05, 3.63) is 0 Å². The number of unbranched alkanes of at least 4 members (excludes halogenated alkanes) is 16. The van der Waals surface area contributed by atoms with Gasteiger partial charge in [-0.05, 0) is 26.7 Å². The number of halogens is 2. The van der Waals surface area contributed by atoms with Gasteiger partial charge in [-0.3, -0.25) is 4.90 Å². The summed E-state index contributed by atoms with van der Waals surface area (Å²) < 4.78 is 0. The van der Waals surface area contributed by atoms with E-state index in [1.54, 1.807) is 0 Å². The fourth-order valence-electron chi connectivity index (χ4n) is 4.92. The summed E-state index contributed by atoms with van der Waals surface area (Å²) in [5.41, 5.74) is 0. The van der Waals surface area contributed by atoms with Crippen LogP contribution in [0.2, 0.25) is 0 Å². The molecule has 0 aliphatic carbocycles. The van der Waals surface area contributed by atoms with Gasteiger partial charge in [0.2, 0.25) is 0 Å². The molecule has 33 heavy (non-hydrogen) atoms. The van der Waals surface area contributed by atoms with E-state index in [2.05, 4.69) is 32.6 Å². The number of nitrogens with zero attached hydrogens (tertiary/aromatic N) is 1. The molecule has 0 bridgehead atoms. The van der Waals surface area contributed by atoms with Crippen LogP contribution in [-0.4, -0.2) is 40.6 Å². The van der Waals surface area contributed by atoms with E-state index in [1.165, 1.54) is 128 Å². The molecule has 3 unspecified atom stereocenters. The molecule has 4 heteroatoms. The minimum Gasteiger partial charge on any atom is -0.391 e. The van der Waals surface area contributed by atoms with Gasteiger partial charge in [-0.25, -0.2) is 0 Å². The molecule has 0 saturated heterocycles. The van der Waals surface area contributed by atoms with Gasteiger partial charge in [-0.1, -0.05) is 129 Å². The molecule has 3 atom stereocenters. The van der Waals surface area contributed by atoms with Crippen molar-refractivity contribution in [1.82, 2.24) is 4.90 Å². The normalized spacial score (nSPS) is 14.3. The lowest BCUT2D eigenvalue weighted by Crippen LogP contribution is -2.45. The summed E-state index contributed by atoms with van der Waals surface area (Å²) in [5.74, 6) is 0.339. The molecular weight excluding hydrogens is 449 g/mol. The van der Waals surface area contributed by atoms with E-state index in [0.717, 1.165) is 6.54 Å². The van der Waals surface area contributed by atoms with Crippen LogP contribution in [0.15, 0.2) is 0 Å². The summed E-state index contributed by atoms with van der Waals surface area (Å²) in [5, 5.41) is 10.2. The zero-order valence-corrected chi connectivity index (χ0v) is 24.5. The van der Waals surface area contributed by atoms with Gasteiger partial charge < -0.3 is 5.11 Å². The van der Waals surface area contributed by atoms with Crippen molar-refractivity contribution < 1.29 is 5.11 Å². The van der Waals surface area contributed by atoms with E-state index < -0.39 is 6.10 Å². The molecule has 202 valence electrons. The average molecular weight is 511 g/mol. The number of rotatable bonds is 25. The highest BCUT2D eigenvalue weighted by molar-refractivity contribution is 6.18. The molecule has 0 fully saturated rings. The van der Waals surface area contributed by atoms with Crippen molar-refractivity contribution in [1.29, 1.82) is 0 Å². The zero-order valence-electron chi connectivity index (χ0n) is 23.0. The Morgan fingerprint density at radius 2 is 0.879 bits per heavy atom. The van der Waals surface area contributed by atoms with Crippen molar-refractivity contribution in [3.63, 3.8) is 0 Å². The lowest BCUT2D eigenvalue weighted by molar-refractivity contribution is 0.0686. The van der Waals surface area contributed by atoms with E-state index in [9.17, 15) is 5.11 Å². The van der Waals surface area contributed by atoms with Crippen LogP contribution >= 0.6 is 24.0 Å². The largest absolute Gasteiger partial charge is 0.391 e. The van der Waals surface area contributed by atoms with Gasteiger partial charge in [0.05, 0.1) is 6.10 Å². The maximum atomic E-state index is 10.2. The number of aliphatic hydroxyl groups excluding tert-OH is 1. The Morgan fingerprint density at radius 1 is 0.576 bits per heavy atom. The van der Waals surface area contributed by atoms with Gasteiger partial charge in [0.15, 0.2) is 0 Å². The number of aliphatic hydroxyl groups is 1. The van der Waals surface area contributed by atoms with Gasteiger partial charge in [0, 0.05) is 24.5 Å². The Balaban J connectivity index is 0. The molecule has 2 nitrogen and oxygen atoms in total. The van der Waals surface area contributed by atoms with E-state index in [4.69, 9.17) is 11.6 Å². The van der Waals surface area contributed by atoms with Crippen LogP contribution < -0.4 is 0 Å². The van der Waals surface area contributed by atoms with Crippen LogP contribution in [-0.2, 0) is 0 Å². The monoisotopic (exact) mass is 509 g/mol. The number of hydrogen-bond acceptors (Lipinski definition) is 2. The lowest BCUT2D eigenvalue weighted by atomic mass is 10.0. The molecule has 1 N–H and O–H groups in total. The molecule has 0 aromatic heterocycles. The first kappa shape index (κ1) is 35.7. The highest BCUT2D eigenvalue weighted by atomic mass is 35.5. The Bertz CT molecular complexity index is 342. The van der Waals surface area contributed by atoms with E-state index in [-0.39, 0.29) is 12.4 Å². The van der Waals surface area contributed by atoms with Crippen molar-refractivity contribution >= 4 is 24.0 Å². The first-order chi connectivity index (χ1) is 15.6. The van der Waals surface area contributed by atoms with Gasteiger partial charge >= 0.3 is 0 Å². The first-order valence-electron chi connectivity index (χ1n) is 14.6. The first-order valence-corrected chi connectivity index (χ1v) is 15.1. The van der Waals surface area contributed by atoms with E-state index in [0.29, 0.717) is 18.0 Å². The number of alkyl halides is 1. The smallest absolute Gasteiger partial charge is 0.0802 e. The Labute approximate surface area is 220 Å². The molecule has 0 heterocycles. The maximum absolute atomic E-state index is 10.2. The van der Waals surface area contributed by atoms with Crippen LogP contribution in [0.25, 0.3) is 0 Å². The summed E-state index contributed by atoms with van der Waals surface area (Å²) >= 11 is 5.94. The minimum atomic E-state index is -0.409. The Kier molecular flexibility index (Phi) is 29.3. The van der Waals surface area contributed by atoms with Crippen molar-refractivity contribution in [2.45, 2.75) is 174 Å². The minimum absolute atomic E-state index is 0. The predicted molar refractivity (Wildman–Crippen MR) is 153 cm³/mol. The fraction of sp³-hybridized carbons (Fsp3) is 1.00. The number of hydrogen-bond donors (Lipinski definition) is 1. The second-order valence-electron chi connectivity index (χ2n) is 10.4. The van der Waals surface area contributed by atoms with Crippen LogP contribution in [0.4, 0.5) is 0 Å². The van der Waals surface area contributed by atoms with Gasteiger partial charge in [0.25, 0.3) is 0 Å². The summed E-state index contributed by atoms with van der Waals surface area (Å²) in [4.78, 5) is 2.54. The quantitative estimate of drug-likeness (QED) is 0.0975. The molecule has 0 rings (SSSR count). The summed E-state index contributed by atoms with van der Waals surface area (Å²) in [6.45, 7) is 10.0. The second kappa shape index (κ2) is 27.1. The second-order valence-corrected chi connectivity index (χ2v) is 10.7. The van der Waals surface area contributed by atoms with Crippen molar-refractivity contribution in [3.8, 4) is 0 Å². The average Bonchev–Trinajstić information content (AvgIpc) is 2.79. The summed E-state index contributed by atoms with van der Waals surface area (Å²) in [6.07, 6.45) is 27.0. The lowest BCUT2D eigenvalue weighted by Gasteiger charge is -2.36. The van der Waals surface area contributed by atoms with Crippen LogP contribution in [0.3, 0.4) is 0 Å². The summed E-state index contributed by atoms with van der Waals surface area (Å²) in [6, 6.07) is 1.07. The topological polar surface area (TPSA) is 23.5 Å². The molecule has 0 aromatic rings. The molecular formula is C29H61Cl2NO. The molecule has 0 saturated carbocycles. The standard InChI is InChI=1S/C29H60ClNO.ClH/c1-5-7-9-11-13-15-17-19-21-23-27(3)31(26-29(32)25-30)28(4)24-22-20-18-16-14-12-10-8-6-2;/h27-29,32H,5-26H2,1-4H3;1H. The molecule has 0 spiro atoms. The molecule has 0 aromatic carbocycles. The van der Waals surface area contributed by atoms with Crippen molar-refractivity contribution in [2.75, 3.05) is 12.4 Å². The fourth-order valence-corrected chi connectivity index (χ4v) is 5.02. The predicted octanol–water partition coefficient (Wildman–Crippen LogP) is 9.93. The van der Waals surface area contributed by atoms with Crippen LogP contribution in [0.5, 0.6) is 0 Å². The van der Waals surface area contributed by atoms with Gasteiger partial charge in [0.1, 0.15) is 0 Å². The highest BCUT2D eigenvalue weighted by Crippen LogP contribution is 2.20. The zero-order chi connectivity index (χ0) is 23.9. The SMILES string of the molecule is CCCCCCCCCCCC(C)N(CC(O)CCl)C(C)CCCCCCCCCCC.Cl. The van der Waals surface area contributed by atoms with Gasteiger partial charge in [-0.15, -0.1) is 24.0 Å². The third-order valence-electron chi connectivity index (χ3n) is 7.18. The highest BCUT2D eigenvalue weighted by Gasteiger charge is 2.22. The molecule has 0 aliphatic heterocycles. The molecule has 0 radical (unpaired) electrons. The summed E-state index contributed by atoms with van der Waals surface area (Å²) in [7, 11) is 0. The third-order valence-corrected chi connectivity index (χ3v) is 7.54. The van der Waals surface area contributed by atoms with E-state index in [1.807, 2.05) is 0 Å². The van der Waals surface area contributed by atoms with Crippen LogP contribution in [0.1, 0.15) is 156 Å². The van der Waals surface area contributed by atoms with Crippen LogP contribution in [0, 0.1) is 0 Å². The molecule has 0 aliphatic rings. The van der Waals surface area contributed by atoms with Gasteiger partial charge in [-0.2, -0.15) is 0 Å². The Morgan fingerprint density at radius 3 is 1.18 bits per heavy atom. The Hall–Kier alpha value is 0.500. The maximum Gasteiger partial charge on any atom is 0.0802 e. The van der Waals surface area contributed by atoms with Crippen molar-refractivity contribution in [2.24, 2.45) is 0 Å². The molecule has 0 amide bonds.